The van der Waals surface area contributed by atoms with Gasteiger partial charge in [-0.25, -0.2) is 0 Å². The van der Waals surface area contributed by atoms with Crippen LogP contribution in [0.4, 0.5) is 0 Å². The molecule has 3 rings (SSSR count). The summed E-state index contributed by atoms with van der Waals surface area (Å²) in [5.41, 5.74) is 2.80. The number of nitrogens with zero attached hydrogens (tertiary/aromatic N) is 4. The minimum absolute atomic E-state index is 0.0872. The largest absolute Gasteiger partial charge is 0.342 e. The van der Waals surface area contributed by atoms with Crippen LogP contribution in [0.1, 0.15) is 52.4 Å². The van der Waals surface area contributed by atoms with Crippen molar-refractivity contribution in [3.63, 3.8) is 0 Å². The van der Waals surface area contributed by atoms with Gasteiger partial charge in [-0.05, 0) is 38.3 Å². The molecule has 1 aromatic carbocycles. The van der Waals surface area contributed by atoms with Crippen LogP contribution in [0.15, 0.2) is 30.3 Å². The molecule has 0 atom stereocenters. The Bertz CT molecular complexity index is 933. The average Bonchev–Trinajstić information content (AvgIpc) is 3.11. The van der Waals surface area contributed by atoms with Crippen molar-refractivity contribution in [2.24, 2.45) is 0 Å². The molecule has 0 aliphatic carbocycles. The molecular formula is C22H29N5O3. The van der Waals surface area contributed by atoms with Crippen LogP contribution in [0.2, 0.25) is 0 Å². The highest BCUT2D eigenvalue weighted by Gasteiger charge is 2.26. The summed E-state index contributed by atoms with van der Waals surface area (Å²) in [5.74, 6) is -0.731. The van der Waals surface area contributed by atoms with Gasteiger partial charge in [0.2, 0.25) is 5.91 Å². The molecule has 1 N–H and O–H groups in total. The molecule has 1 aliphatic heterocycles. The Morgan fingerprint density at radius 1 is 1.17 bits per heavy atom. The Hall–Kier alpha value is -3.16. The maximum absolute atomic E-state index is 13.1. The van der Waals surface area contributed by atoms with E-state index in [-0.39, 0.29) is 24.1 Å². The number of benzene rings is 1. The SMILES string of the molecule is CCN(CC)C(=O)CNC(=O)c1cc2n(n1)CCCN(Cc1ccccc1C)C2=O. The lowest BCUT2D eigenvalue weighted by atomic mass is 10.1. The van der Waals surface area contributed by atoms with Gasteiger partial charge >= 0.3 is 0 Å². The summed E-state index contributed by atoms with van der Waals surface area (Å²) in [6.45, 7) is 8.64. The first kappa shape index (κ1) is 21.5. The number of fused-ring (bicyclic) bond motifs is 1. The van der Waals surface area contributed by atoms with Crippen LogP contribution in [0.5, 0.6) is 0 Å². The van der Waals surface area contributed by atoms with E-state index < -0.39 is 5.91 Å². The first-order chi connectivity index (χ1) is 14.4. The second-order valence-corrected chi connectivity index (χ2v) is 7.39. The van der Waals surface area contributed by atoms with Gasteiger partial charge in [0.1, 0.15) is 5.69 Å². The Morgan fingerprint density at radius 3 is 2.60 bits per heavy atom. The van der Waals surface area contributed by atoms with E-state index in [1.165, 1.54) is 6.07 Å². The molecule has 0 bridgehead atoms. The van der Waals surface area contributed by atoms with E-state index in [9.17, 15) is 14.4 Å². The van der Waals surface area contributed by atoms with E-state index in [1.54, 1.807) is 14.5 Å². The van der Waals surface area contributed by atoms with Crippen LogP contribution < -0.4 is 5.32 Å². The molecule has 0 saturated carbocycles. The predicted molar refractivity (Wildman–Crippen MR) is 113 cm³/mol. The standard InChI is InChI=1S/C22H29N5O3/c1-4-25(5-2)20(28)14-23-21(29)18-13-19-22(30)26(11-8-12-27(19)24-18)15-17-10-7-6-9-16(17)3/h6-7,9-10,13H,4-5,8,11-12,14-15H2,1-3H3,(H,23,29). The number of nitrogens with one attached hydrogen (secondary N) is 1. The highest BCUT2D eigenvalue weighted by molar-refractivity contribution is 5.99. The van der Waals surface area contributed by atoms with Gasteiger partial charge < -0.3 is 15.1 Å². The van der Waals surface area contributed by atoms with Crippen molar-refractivity contribution < 1.29 is 14.4 Å². The van der Waals surface area contributed by atoms with E-state index in [4.69, 9.17) is 0 Å². The second-order valence-electron chi connectivity index (χ2n) is 7.39. The summed E-state index contributed by atoms with van der Waals surface area (Å²) < 4.78 is 1.60. The minimum atomic E-state index is -0.450. The summed E-state index contributed by atoms with van der Waals surface area (Å²) in [5, 5.41) is 6.93. The molecule has 8 heteroatoms. The highest BCUT2D eigenvalue weighted by atomic mass is 16.2. The molecule has 160 valence electrons. The maximum atomic E-state index is 13.1. The van der Waals surface area contributed by atoms with Crippen LogP contribution in [-0.4, -0.2) is 63.5 Å². The lowest BCUT2D eigenvalue weighted by Gasteiger charge is -2.21. The molecule has 3 amide bonds. The fourth-order valence-corrected chi connectivity index (χ4v) is 3.62. The Kier molecular flexibility index (Phi) is 6.87. The number of carbonyl (C=O) groups excluding carboxylic acids is 3. The van der Waals surface area contributed by atoms with Crippen LogP contribution >= 0.6 is 0 Å². The highest BCUT2D eigenvalue weighted by Crippen LogP contribution is 2.18. The third kappa shape index (κ3) is 4.69. The zero-order valence-corrected chi connectivity index (χ0v) is 17.9. The number of carbonyl (C=O) groups is 3. The van der Waals surface area contributed by atoms with Gasteiger partial charge in [0.15, 0.2) is 5.69 Å². The molecule has 0 radical (unpaired) electrons. The van der Waals surface area contributed by atoms with E-state index >= 15 is 0 Å². The van der Waals surface area contributed by atoms with Crippen molar-refractivity contribution in [2.75, 3.05) is 26.2 Å². The first-order valence-corrected chi connectivity index (χ1v) is 10.4. The summed E-state index contributed by atoms with van der Waals surface area (Å²) in [7, 11) is 0. The molecule has 0 fully saturated rings. The third-order valence-electron chi connectivity index (χ3n) is 5.46. The van der Waals surface area contributed by atoms with Crippen LogP contribution in [0.25, 0.3) is 0 Å². The Labute approximate surface area is 176 Å². The normalized spacial score (nSPS) is 13.6. The number of aryl methyl sites for hydroxylation is 2. The van der Waals surface area contributed by atoms with Gasteiger partial charge in [-0.15, -0.1) is 0 Å². The van der Waals surface area contributed by atoms with Crippen molar-refractivity contribution in [3.05, 3.63) is 52.8 Å². The number of amides is 3. The monoisotopic (exact) mass is 411 g/mol. The van der Waals surface area contributed by atoms with Crippen LogP contribution in [-0.2, 0) is 17.9 Å². The van der Waals surface area contributed by atoms with E-state index in [0.29, 0.717) is 38.4 Å². The fourth-order valence-electron chi connectivity index (χ4n) is 3.62. The van der Waals surface area contributed by atoms with E-state index in [1.807, 2.05) is 45.0 Å². The van der Waals surface area contributed by atoms with Crippen LogP contribution in [0.3, 0.4) is 0 Å². The quantitative estimate of drug-likeness (QED) is 0.753. The minimum Gasteiger partial charge on any atom is -0.342 e. The first-order valence-electron chi connectivity index (χ1n) is 10.4. The lowest BCUT2D eigenvalue weighted by molar-refractivity contribution is -0.129. The summed E-state index contributed by atoms with van der Waals surface area (Å²) >= 11 is 0. The summed E-state index contributed by atoms with van der Waals surface area (Å²) in [4.78, 5) is 41.1. The molecule has 1 aliphatic rings. The molecule has 2 aromatic rings. The number of hydrogen-bond acceptors (Lipinski definition) is 4. The van der Waals surface area contributed by atoms with Crippen LogP contribution in [0, 0.1) is 6.92 Å². The van der Waals surface area contributed by atoms with Crippen molar-refractivity contribution >= 4 is 17.7 Å². The zero-order valence-electron chi connectivity index (χ0n) is 17.9. The number of rotatable bonds is 7. The molecule has 8 nitrogen and oxygen atoms in total. The van der Waals surface area contributed by atoms with Gasteiger partial charge in [0, 0.05) is 38.8 Å². The Morgan fingerprint density at radius 2 is 1.90 bits per heavy atom. The zero-order chi connectivity index (χ0) is 21.7. The van der Waals surface area contributed by atoms with Gasteiger partial charge in [-0.2, -0.15) is 5.10 Å². The average molecular weight is 412 g/mol. The van der Waals surface area contributed by atoms with Gasteiger partial charge in [0.25, 0.3) is 11.8 Å². The number of hydrogen-bond donors (Lipinski definition) is 1. The topological polar surface area (TPSA) is 87.5 Å². The van der Waals surface area contributed by atoms with Crippen molar-refractivity contribution in [1.82, 2.24) is 24.9 Å². The van der Waals surface area contributed by atoms with Gasteiger partial charge in [0.05, 0.1) is 6.54 Å². The molecule has 1 aromatic heterocycles. The summed E-state index contributed by atoms with van der Waals surface area (Å²) in [6.07, 6.45) is 0.758. The van der Waals surface area contributed by atoms with Gasteiger partial charge in [-0.3, -0.25) is 19.1 Å². The van der Waals surface area contributed by atoms with E-state index in [2.05, 4.69) is 10.4 Å². The molecule has 0 unspecified atom stereocenters. The van der Waals surface area contributed by atoms with Crippen molar-refractivity contribution in [2.45, 2.75) is 40.3 Å². The van der Waals surface area contributed by atoms with Crippen molar-refractivity contribution in [1.29, 1.82) is 0 Å². The molecular weight excluding hydrogens is 382 g/mol. The maximum Gasteiger partial charge on any atom is 0.272 e. The smallest absolute Gasteiger partial charge is 0.272 e. The molecule has 0 spiro atoms. The number of likely N-dealkylation sites (N-methyl/N-ethyl adjacent to an activating group) is 1. The second kappa shape index (κ2) is 9.56. The molecule has 2 heterocycles. The lowest BCUT2D eigenvalue weighted by Crippen LogP contribution is -2.40. The predicted octanol–water partition coefficient (Wildman–Crippen LogP) is 1.84. The third-order valence-corrected chi connectivity index (χ3v) is 5.46. The summed E-state index contributed by atoms with van der Waals surface area (Å²) in [6, 6.07) is 9.53. The molecule has 30 heavy (non-hydrogen) atoms. The molecule has 0 saturated heterocycles. The van der Waals surface area contributed by atoms with Gasteiger partial charge in [-0.1, -0.05) is 24.3 Å². The fraction of sp³-hybridized carbons (Fsp3) is 0.455. The van der Waals surface area contributed by atoms with E-state index in [0.717, 1.165) is 17.5 Å². The Balaban J connectivity index is 1.70. The number of aromatic nitrogens is 2. The van der Waals surface area contributed by atoms with Crippen molar-refractivity contribution in [3.8, 4) is 0 Å².